The van der Waals surface area contributed by atoms with Gasteiger partial charge in [0.15, 0.2) is 0 Å². The van der Waals surface area contributed by atoms with Crippen LogP contribution < -0.4 is 0 Å². The van der Waals surface area contributed by atoms with Crippen molar-refractivity contribution < 1.29 is 0 Å². The Morgan fingerprint density at radius 3 is 1.49 bits per heavy atom. The van der Waals surface area contributed by atoms with E-state index in [2.05, 4.69) is 150 Å². The van der Waals surface area contributed by atoms with Gasteiger partial charge < -0.3 is 0 Å². The maximum atomic E-state index is 5.46. The molecule has 0 saturated carbocycles. The number of fused-ring (bicyclic) bond motifs is 2. The number of para-hydroxylation sites is 2. The minimum Gasteiger partial charge on any atom is -0.294 e. The van der Waals surface area contributed by atoms with E-state index >= 15 is 0 Å². The van der Waals surface area contributed by atoms with Gasteiger partial charge in [0.05, 0.1) is 37.2 Å². The van der Waals surface area contributed by atoms with E-state index in [9.17, 15) is 0 Å². The number of pyridine rings is 1. The topological polar surface area (TPSA) is 43.6 Å². The normalized spacial score (nSPS) is 12.5. The van der Waals surface area contributed by atoms with Crippen LogP contribution >= 0.6 is 22.7 Å². The van der Waals surface area contributed by atoms with E-state index in [1.165, 1.54) is 31.3 Å². The minimum atomic E-state index is 0.900. The number of rotatable bonds is 5. The van der Waals surface area contributed by atoms with E-state index in [0.29, 0.717) is 0 Å². The van der Waals surface area contributed by atoms with Crippen LogP contribution in [-0.2, 0) is 12.8 Å². The molecule has 10 aromatic rings. The van der Waals surface area contributed by atoms with Crippen molar-refractivity contribution in [2.24, 2.45) is 0 Å². The molecule has 6 heteroatoms. The Balaban J connectivity index is 1.24. The lowest BCUT2D eigenvalue weighted by molar-refractivity contribution is 0.970. The van der Waals surface area contributed by atoms with Crippen molar-refractivity contribution in [3.05, 3.63) is 157 Å². The zero-order valence-electron chi connectivity index (χ0n) is 27.4. The lowest BCUT2D eigenvalue weighted by Gasteiger charge is -2.15. The summed E-state index contributed by atoms with van der Waals surface area (Å²) in [6.45, 7) is 0. The summed E-state index contributed by atoms with van der Waals surface area (Å²) in [5.74, 6) is 0.900. The molecule has 0 radical (unpaired) electrons. The lowest BCUT2D eigenvalue weighted by atomic mass is 9.89. The summed E-state index contributed by atoms with van der Waals surface area (Å²) < 4.78 is 4.82. The Morgan fingerprint density at radius 1 is 0.431 bits per heavy atom. The number of aryl methyl sites for hydroxylation is 2. The van der Waals surface area contributed by atoms with Crippen LogP contribution in [-0.4, -0.2) is 19.5 Å². The van der Waals surface area contributed by atoms with Gasteiger partial charge in [0.2, 0.25) is 0 Å². The zero-order chi connectivity index (χ0) is 33.5. The number of hydrogen-bond donors (Lipinski definition) is 0. The van der Waals surface area contributed by atoms with Crippen molar-refractivity contribution in [1.82, 2.24) is 19.5 Å². The third-order valence-electron chi connectivity index (χ3n) is 10.1. The van der Waals surface area contributed by atoms with Crippen molar-refractivity contribution in [2.45, 2.75) is 12.8 Å². The number of nitrogens with zero attached hydrogens (tertiary/aromatic N) is 4. The molecule has 0 saturated heterocycles. The van der Waals surface area contributed by atoms with Crippen molar-refractivity contribution in [3.63, 3.8) is 0 Å². The van der Waals surface area contributed by atoms with Crippen molar-refractivity contribution in [2.75, 3.05) is 0 Å². The van der Waals surface area contributed by atoms with Crippen LogP contribution in [0.25, 0.3) is 91.6 Å². The fourth-order valence-electron chi connectivity index (χ4n) is 7.76. The van der Waals surface area contributed by atoms with Gasteiger partial charge in [-0.25, -0.2) is 15.0 Å². The van der Waals surface area contributed by atoms with Crippen molar-refractivity contribution in [3.8, 4) is 49.3 Å². The van der Waals surface area contributed by atoms with Gasteiger partial charge in [0.1, 0.15) is 15.8 Å². The van der Waals surface area contributed by atoms with E-state index in [1.807, 2.05) is 0 Å². The maximum Gasteiger partial charge on any atom is 0.138 e. The molecule has 0 unspecified atom stereocenters. The molecule has 0 spiro atoms. The van der Waals surface area contributed by atoms with Crippen LogP contribution in [0.2, 0.25) is 0 Å². The van der Waals surface area contributed by atoms with Crippen molar-refractivity contribution >= 4 is 64.9 Å². The molecule has 0 N–H and O–H groups in total. The summed E-state index contributed by atoms with van der Waals surface area (Å²) in [5.41, 5.74) is 13.8. The SMILES string of the molecule is c1ccc(-c2cc(-c3ccccc3)nc(-n3c4cc(-c5nc6ccccc6s5)cc5c4c4c(cc(-c6nc7ccccc7s6)cc43)CC5)c2)cc1. The summed E-state index contributed by atoms with van der Waals surface area (Å²) in [7, 11) is 0. The molecule has 11 rings (SSSR count). The van der Waals surface area contributed by atoms with E-state index in [1.54, 1.807) is 22.7 Å². The fraction of sp³-hybridized carbons (Fsp3) is 0.0444. The van der Waals surface area contributed by atoms with Gasteiger partial charge in [0.25, 0.3) is 0 Å². The van der Waals surface area contributed by atoms with Gasteiger partial charge in [-0.1, -0.05) is 84.9 Å². The van der Waals surface area contributed by atoms with Gasteiger partial charge in [-0.05, 0) is 95.8 Å². The Bertz CT molecular complexity index is 2710. The summed E-state index contributed by atoms with van der Waals surface area (Å²) in [4.78, 5) is 15.7. The van der Waals surface area contributed by atoms with Crippen LogP contribution in [0, 0.1) is 0 Å². The highest BCUT2D eigenvalue weighted by molar-refractivity contribution is 7.22. The van der Waals surface area contributed by atoms with Gasteiger partial charge in [0, 0.05) is 27.5 Å². The first-order valence-corrected chi connectivity index (χ1v) is 18.9. The first-order chi connectivity index (χ1) is 25.2. The second-order valence-electron chi connectivity index (χ2n) is 13.2. The minimum absolute atomic E-state index is 0.900. The first kappa shape index (κ1) is 28.8. The van der Waals surface area contributed by atoms with Crippen molar-refractivity contribution in [1.29, 1.82) is 0 Å². The second-order valence-corrected chi connectivity index (χ2v) is 15.3. The molecular formula is C45H28N4S2. The third kappa shape index (κ3) is 4.68. The highest BCUT2D eigenvalue weighted by Gasteiger charge is 2.26. The largest absolute Gasteiger partial charge is 0.294 e. The van der Waals surface area contributed by atoms with E-state index in [0.717, 1.165) is 84.3 Å². The molecular weight excluding hydrogens is 661 g/mol. The molecule has 1 aliphatic carbocycles. The fourth-order valence-corrected chi connectivity index (χ4v) is 9.67. The highest BCUT2D eigenvalue weighted by atomic mass is 32.1. The molecule has 240 valence electrons. The Labute approximate surface area is 302 Å². The number of aromatic nitrogens is 4. The van der Waals surface area contributed by atoms with E-state index in [4.69, 9.17) is 15.0 Å². The molecule has 4 aromatic heterocycles. The molecule has 0 amide bonds. The molecule has 4 heterocycles. The van der Waals surface area contributed by atoms with Crippen LogP contribution in [0.5, 0.6) is 0 Å². The predicted molar refractivity (Wildman–Crippen MR) is 214 cm³/mol. The standard InChI is InChI=1S/C45H28N4S2/c1-3-11-27(12-4-1)31-23-36(28-13-5-2-6-14-28)46-41(26-31)49-37-24-32(44-47-34-15-7-9-17-39(34)50-44)21-29-19-20-30-22-33(25-38(49)43(30)42(29)37)45-48-35-16-8-10-18-40(35)51-45/h1-18,21-26H,19-20H2. The average Bonchev–Trinajstić information content (AvgIpc) is 3.92. The quantitative estimate of drug-likeness (QED) is 0.181. The zero-order valence-corrected chi connectivity index (χ0v) is 29.0. The Morgan fingerprint density at radius 2 is 0.941 bits per heavy atom. The Kier molecular flexibility index (Phi) is 6.38. The smallest absolute Gasteiger partial charge is 0.138 e. The maximum absolute atomic E-state index is 5.46. The number of hydrogen-bond acceptors (Lipinski definition) is 5. The number of thiazole rings is 2. The van der Waals surface area contributed by atoms with Gasteiger partial charge in [-0.3, -0.25) is 4.57 Å². The summed E-state index contributed by atoms with van der Waals surface area (Å²) in [5, 5.41) is 4.73. The van der Waals surface area contributed by atoms with Crippen LogP contribution in [0.4, 0.5) is 0 Å². The Hall–Kier alpha value is -5.95. The monoisotopic (exact) mass is 688 g/mol. The molecule has 6 aromatic carbocycles. The third-order valence-corrected chi connectivity index (χ3v) is 12.3. The lowest BCUT2D eigenvalue weighted by Crippen LogP contribution is -2.00. The summed E-state index contributed by atoms with van der Waals surface area (Å²) in [6, 6.07) is 52.0. The molecule has 0 atom stereocenters. The van der Waals surface area contributed by atoms with Gasteiger partial charge in [-0.15, -0.1) is 22.7 Å². The molecule has 0 bridgehead atoms. The van der Waals surface area contributed by atoms with E-state index < -0.39 is 0 Å². The predicted octanol–water partition coefficient (Wildman–Crippen LogP) is 12.2. The second kappa shape index (κ2) is 11.3. The summed E-state index contributed by atoms with van der Waals surface area (Å²) in [6.07, 6.45) is 1.94. The highest BCUT2D eigenvalue weighted by Crippen LogP contribution is 2.45. The molecule has 0 aliphatic heterocycles. The average molecular weight is 689 g/mol. The van der Waals surface area contributed by atoms with Crippen LogP contribution in [0.15, 0.2) is 146 Å². The van der Waals surface area contributed by atoms with Gasteiger partial charge in [-0.2, -0.15) is 0 Å². The van der Waals surface area contributed by atoms with Crippen LogP contribution in [0.1, 0.15) is 11.1 Å². The summed E-state index contributed by atoms with van der Waals surface area (Å²) >= 11 is 3.52. The first-order valence-electron chi connectivity index (χ1n) is 17.2. The number of benzene rings is 6. The van der Waals surface area contributed by atoms with Gasteiger partial charge >= 0.3 is 0 Å². The van der Waals surface area contributed by atoms with Crippen LogP contribution in [0.3, 0.4) is 0 Å². The van der Waals surface area contributed by atoms with E-state index in [-0.39, 0.29) is 0 Å². The molecule has 0 fully saturated rings. The molecule has 4 nitrogen and oxygen atoms in total. The molecule has 51 heavy (non-hydrogen) atoms. The molecule has 1 aliphatic rings.